The van der Waals surface area contributed by atoms with E-state index in [-0.39, 0.29) is 5.82 Å². The standard InChI is InChI=1S/C4H10N2O2/c1-3-8-6(7)4(2)5/h6H,2-3,5H2,1H3. The fraction of sp³-hybridized carbons (Fsp3) is 0.500. The average Bonchev–Trinajstić information content (AvgIpc) is 1.67. The van der Waals surface area contributed by atoms with Gasteiger partial charge in [0.1, 0.15) is 6.61 Å². The van der Waals surface area contributed by atoms with Gasteiger partial charge in [-0.1, -0.05) is 0 Å². The van der Waals surface area contributed by atoms with E-state index in [1.54, 1.807) is 6.92 Å². The van der Waals surface area contributed by atoms with E-state index in [9.17, 15) is 5.21 Å². The molecule has 0 saturated heterocycles. The second-order valence-electron chi connectivity index (χ2n) is 1.25. The van der Waals surface area contributed by atoms with Crippen molar-refractivity contribution in [3.8, 4) is 0 Å². The predicted molar refractivity (Wildman–Crippen MR) is 29.3 cm³/mol. The van der Waals surface area contributed by atoms with Crippen LogP contribution < -0.4 is 11.0 Å². The highest BCUT2D eigenvalue weighted by atomic mass is 16.9. The zero-order chi connectivity index (χ0) is 6.57. The normalized spacial score (nSPS) is 13.2. The molecule has 0 rings (SSSR count). The first kappa shape index (κ1) is 7.42. The van der Waals surface area contributed by atoms with Crippen LogP contribution in [0, 0.1) is 5.21 Å². The molecular weight excluding hydrogens is 108 g/mol. The lowest BCUT2D eigenvalue weighted by Crippen LogP contribution is -3.05. The van der Waals surface area contributed by atoms with Crippen LogP contribution in [0.15, 0.2) is 12.4 Å². The van der Waals surface area contributed by atoms with Crippen LogP contribution in [0.2, 0.25) is 0 Å². The van der Waals surface area contributed by atoms with E-state index < -0.39 is 5.23 Å². The molecule has 0 aliphatic carbocycles. The molecule has 0 bridgehead atoms. The fourth-order valence-corrected chi connectivity index (χ4v) is 0.224. The molecule has 0 fully saturated rings. The van der Waals surface area contributed by atoms with Crippen LogP contribution >= 0.6 is 0 Å². The zero-order valence-electron chi connectivity index (χ0n) is 4.81. The Balaban J connectivity index is 3.32. The van der Waals surface area contributed by atoms with E-state index in [1.807, 2.05) is 0 Å². The van der Waals surface area contributed by atoms with Crippen molar-refractivity contribution in [2.24, 2.45) is 5.73 Å². The van der Waals surface area contributed by atoms with Gasteiger partial charge in [0.05, 0.1) is 0 Å². The summed E-state index contributed by atoms with van der Waals surface area (Å²) in [5.41, 5.74) is 4.95. The maximum Gasteiger partial charge on any atom is 0.222 e. The van der Waals surface area contributed by atoms with Gasteiger partial charge in [-0.3, -0.25) is 0 Å². The number of nitrogens with two attached hydrogens (primary N) is 1. The van der Waals surface area contributed by atoms with E-state index in [0.29, 0.717) is 6.61 Å². The Morgan fingerprint density at radius 1 is 2.00 bits per heavy atom. The molecular formula is C4H10N2O2. The number of hydroxylamine groups is 2. The van der Waals surface area contributed by atoms with E-state index in [4.69, 9.17) is 5.73 Å². The molecule has 3 N–H and O–H groups in total. The Labute approximate surface area is 48.1 Å². The van der Waals surface area contributed by atoms with Crippen molar-refractivity contribution in [3.63, 3.8) is 0 Å². The van der Waals surface area contributed by atoms with Gasteiger partial charge in [-0.25, -0.2) is 0 Å². The summed E-state index contributed by atoms with van der Waals surface area (Å²) in [7, 11) is 0. The molecule has 0 radical (unpaired) electrons. The summed E-state index contributed by atoms with van der Waals surface area (Å²) in [5, 5.41) is 9.76. The topological polar surface area (TPSA) is 62.8 Å². The summed E-state index contributed by atoms with van der Waals surface area (Å²) in [4.78, 5) is 4.44. The Bertz CT molecular complexity index is 84.1. The smallest absolute Gasteiger partial charge is 0.222 e. The molecule has 8 heavy (non-hydrogen) atoms. The van der Waals surface area contributed by atoms with Gasteiger partial charge in [0, 0.05) is 0 Å². The summed E-state index contributed by atoms with van der Waals surface area (Å²) in [6.07, 6.45) is 0. The Morgan fingerprint density at radius 2 is 2.50 bits per heavy atom. The summed E-state index contributed by atoms with van der Waals surface area (Å²) < 4.78 is 0. The summed E-state index contributed by atoms with van der Waals surface area (Å²) in [6.45, 7) is 5.23. The van der Waals surface area contributed by atoms with Gasteiger partial charge in [-0.2, -0.15) is 10.1 Å². The van der Waals surface area contributed by atoms with Crippen LogP contribution in [0.3, 0.4) is 0 Å². The third-order valence-electron chi connectivity index (χ3n) is 0.538. The van der Waals surface area contributed by atoms with Crippen molar-refractivity contribution in [2.45, 2.75) is 6.92 Å². The second kappa shape index (κ2) is 3.43. The first-order valence-corrected chi connectivity index (χ1v) is 2.30. The monoisotopic (exact) mass is 118 g/mol. The number of hydrogen-bond acceptors (Lipinski definition) is 3. The van der Waals surface area contributed by atoms with Gasteiger partial charge >= 0.3 is 0 Å². The molecule has 4 nitrogen and oxygen atoms in total. The first-order chi connectivity index (χ1) is 3.68. The zero-order valence-corrected chi connectivity index (χ0v) is 4.81. The van der Waals surface area contributed by atoms with Gasteiger partial charge in [0.15, 0.2) is 0 Å². The molecule has 0 saturated carbocycles. The molecule has 0 spiro atoms. The van der Waals surface area contributed by atoms with E-state index in [1.165, 1.54) is 0 Å². The van der Waals surface area contributed by atoms with Gasteiger partial charge < -0.3 is 10.9 Å². The third kappa shape index (κ3) is 2.57. The summed E-state index contributed by atoms with van der Waals surface area (Å²) in [6, 6.07) is 0. The first-order valence-electron chi connectivity index (χ1n) is 2.30. The minimum atomic E-state index is -0.535. The molecule has 0 amide bonds. The SMILES string of the molecule is C=C(N)[NH+]([O-])OCC. The molecule has 0 aromatic rings. The molecule has 0 heterocycles. The van der Waals surface area contributed by atoms with Crippen molar-refractivity contribution in [3.05, 3.63) is 17.6 Å². The van der Waals surface area contributed by atoms with E-state index in [2.05, 4.69) is 11.4 Å². The van der Waals surface area contributed by atoms with Crippen molar-refractivity contribution in [2.75, 3.05) is 6.61 Å². The van der Waals surface area contributed by atoms with Crippen LogP contribution in [0.5, 0.6) is 0 Å². The third-order valence-corrected chi connectivity index (χ3v) is 0.538. The molecule has 0 aliphatic heterocycles. The van der Waals surface area contributed by atoms with Crippen LogP contribution in [0.25, 0.3) is 0 Å². The average molecular weight is 118 g/mol. The lowest BCUT2D eigenvalue weighted by Gasteiger charge is -2.16. The molecule has 48 valence electrons. The van der Waals surface area contributed by atoms with Crippen molar-refractivity contribution >= 4 is 0 Å². The van der Waals surface area contributed by atoms with Crippen LogP contribution in [0.4, 0.5) is 0 Å². The number of rotatable bonds is 3. The molecule has 0 aromatic carbocycles. The largest absolute Gasteiger partial charge is 0.594 e. The van der Waals surface area contributed by atoms with Gasteiger partial charge in [0.2, 0.25) is 5.82 Å². The van der Waals surface area contributed by atoms with Crippen molar-refractivity contribution in [1.82, 2.24) is 0 Å². The highest BCUT2D eigenvalue weighted by Gasteiger charge is 1.94. The van der Waals surface area contributed by atoms with Crippen LogP contribution in [-0.2, 0) is 4.84 Å². The lowest BCUT2D eigenvalue weighted by molar-refractivity contribution is -1.02. The van der Waals surface area contributed by atoms with Crippen LogP contribution in [-0.4, -0.2) is 6.61 Å². The predicted octanol–water partition coefficient (Wildman–Crippen LogP) is -1.25. The maximum atomic E-state index is 10.3. The molecule has 4 heteroatoms. The molecule has 1 unspecified atom stereocenters. The lowest BCUT2D eigenvalue weighted by atomic mass is 10.9. The Morgan fingerprint density at radius 3 is 2.62 bits per heavy atom. The van der Waals surface area contributed by atoms with Gasteiger partial charge in [0.25, 0.3) is 0 Å². The molecule has 0 aliphatic rings. The van der Waals surface area contributed by atoms with E-state index in [0.717, 1.165) is 0 Å². The Hall–Kier alpha value is -0.580. The number of nitrogens with one attached hydrogen (secondary N) is 1. The maximum absolute atomic E-state index is 10.3. The number of quaternary nitrogens is 1. The van der Waals surface area contributed by atoms with Crippen molar-refractivity contribution in [1.29, 1.82) is 0 Å². The van der Waals surface area contributed by atoms with Crippen LogP contribution in [0.1, 0.15) is 6.92 Å². The fourth-order valence-electron chi connectivity index (χ4n) is 0.224. The quantitative estimate of drug-likeness (QED) is 0.455. The van der Waals surface area contributed by atoms with Crippen molar-refractivity contribution < 1.29 is 10.1 Å². The van der Waals surface area contributed by atoms with Gasteiger partial charge in [-0.05, 0) is 13.5 Å². The molecule has 1 atom stereocenters. The Kier molecular flexibility index (Phi) is 3.18. The van der Waals surface area contributed by atoms with E-state index >= 15 is 0 Å². The molecule has 0 aromatic heterocycles. The van der Waals surface area contributed by atoms with Gasteiger partial charge in [-0.15, -0.1) is 0 Å². The second-order valence-corrected chi connectivity index (χ2v) is 1.25. The highest BCUT2D eigenvalue weighted by Crippen LogP contribution is 1.58. The summed E-state index contributed by atoms with van der Waals surface area (Å²) >= 11 is 0. The minimum Gasteiger partial charge on any atom is -0.594 e. The minimum absolute atomic E-state index is 0.0492. The highest BCUT2D eigenvalue weighted by molar-refractivity contribution is 4.65. The number of hydrogen-bond donors (Lipinski definition) is 2. The summed E-state index contributed by atoms with van der Waals surface area (Å²) in [5.74, 6) is -0.0492.